The van der Waals surface area contributed by atoms with Crippen molar-refractivity contribution in [2.24, 2.45) is 0 Å². The third-order valence-corrected chi connectivity index (χ3v) is 2.86. The van der Waals surface area contributed by atoms with Gasteiger partial charge in [0.05, 0.1) is 6.26 Å². The minimum absolute atomic E-state index is 1.08. The number of benzene rings is 1. The van der Waals surface area contributed by atoms with Gasteiger partial charge in [0.25, 0.3) is 0 Å². The van der Waals surface area contributed by atoms with Crippen LogP contribution in [0.5, 0.6) is 0 Å². The van der Waals surface area contributed by atoms with E-state index in [0.717, 1.165) is 12.0 Å². The Labute approximate surface area is 91.1 Å². The first-order chi connectivity index (χ1) is 7.42. The highest BCUT2D eigenvalue weighted by Crippen LogP contribution is 2.21. The summed E-state index contributed by atoms with van der Waals surface area (Å²) < 4.78 is 5.51. The van der Waals surface area contributed by atoms with E-state index in [9.17, 15) is 0 Å². The van der Waals surface area contributed by atoms with Gasteiger partial charge in [-0.1, -0.05) is 44.4 Å². The maximum absolute atomic E-state index is 5.51. The molecule has 0 bridgehead atoms. The van der Waals surface area contributed by atoms with Gasteiger partial charge in [0, 0.05) is 5.39 Å². The molecule has 1 heteroatoms. The molecule has 2 rings (SSSR count). The second-order valence-electron chi connectivity index (χ2n) is 4.07. The van der Waals surface area contributed by atoms with Gasteiger partial charge in [0.1, 0.15) is 5.58 Å². The molecule has 0 N–H and O–H groups in total. The molecule has 15 heavy (non-hydrogen) atoms. The normalized spacial score (nSPS) is 11.0. The molecule has 0 unspecified atom stereocenters. The molecule has 0 saturated heterocycles. The van der Waals surface area contributed by atoms with Gasteiger partial charge in [0.2, 0.25) is 0 Å². The van der Waals surface area contributed by atoms with Crippen molar-refractivity contribution in [1.82, 2.24) is 0 Å². The van der Waals surface area contributed by atoms with Crippen molar-refractivity contribution in [3.05, 3.63) is 36.1 Å². The Morgan fingerprint density at radius 2 is 2.00 bits per heavy atom. The molecule has 1 nitrogen and oxygen atoms in total. The van der Waals surface area contributed by atoms with Crippen molar-refractivity contribution < 1.29 is 4.42 Å². The summed E-state index contributed by atoms with van der Waals surface area (Å²) in [6.07, 6.45) is 8.16. The lowest BCUT2D eigenvalue weighted by Gasteiger charge is -2.01. The van der Waals surface area contributed by atoms with Gasteiger partial charge in [0.15, 0.2) is 0 Å². The number of para-hydroxylation sites is 1. The van der Waals surface area contributed by atoms with Gasteiger partial charge in [-0.2, -0.15) is 0 Å². The van der Waals surface area contributed by atoms with Crippen LogP contribution in [0.3, 0.4) is 0 Å². The highest BCUT2D eigenvalue weighted by molar-refractivity contribution is 5.80. The van der Waals surface area contributed by atoms with Gasteiger partial charge in [-0.05, 0) is 24.5 Å². The molecule has 0 fully saturated rings. The number of hydrogen-bond acceptors (Lipinski definition) is 1. The summed E-state index contributed by atoms with van der Waals surface area (Å²) in [5.74, 6) is 0. The molecule has 0 aliphatic carbocycles. The Bertz CT molecular complexity index is 414. The summed E-state index contributed by atoms with van der Waals surface area (Å²) in [5, 5.41) is 1.22. The highest BCUT2D eigenvalue weighted by Gasteiger charge is 2.02. The first-order valence-corrected chi connectivity index (χ1v) is 5.87. The van der Waals surface area contributed by atoms with Gasteiger partial charge in [-0.25, -0.2) is 0 Å². The average Bonchev–Trinajstić information content (AvgIpc) is 2.73. The van der Waals surface area contributed by atoms with Crippen LogP contribution in [0.1, 0.15) is 38.2 Å². The first-order valence-electron chi connectivity index (χ1n) is 5.87. The van der Waals surface area contributed by atoms with Crippen LogP contribution < -0.4 is 0 Å². The summed E-state index contributed by atoms with van der Waals surface area (Å²) in [6.45, 7) is 2.24. The van der Waals surface area contributed by atoms with Crippen molar-refractivity contribution in [2.75, 3.05) is 0 Å². The van der Waals surface area contributed by atoms with E-state index in [1.165, 1.54) is 36.6 Å². The number of hydrogen-bond donors (Lipinski definition) is 0. The molecular formula is C14H18O. The molecule has 0 amide bonds. The van der Waals surface area contributed by atoms with Gasteiger partial charge in [-0.15, -0.1) is 0 Å². The monoisotopic (exact) mass is 202 g/mol. The number of rotatable bonds is 5. The summed E-state index contributed by atoms with van der Waals surface area (Å²) in [7, 11) is 0. The van der Waals surface area contributed by atoms with Crippen LogP contribution in [0, 0.1) is 0 Å². The van der Waals surface area contributed by atoms with E-state index < -0.39 is 0 Å². The van der Waals surface area contributed by atoms with E-state index in [4.69, 9.17) is 4.42 Å². The fourth-order valence-electron chi connectivity index (χ4n) is 1.99. The van der Waals surface area contributed by atoms with Crippen LogP contribution in [-0.2, 0) is 6.42 Å². The summed E-state index contributed by atoms with van der Waals surface area (Å²) in [4.78, 5) is 0. The smallest absolute Gasteiger partial charge is 0.137 e. The number of aryl methyl sites for hydroxylation is 1. The van der Waals surface area contributed by atoms with Crippen LogP contribution in [0.2, 0.25) is 0 Å². The zero-order chi connectivity index (χ0) is 10.5. The summed E-state index contributed by atoms with van der Waals surface area (Å²) >= 11 is 0. The van der Waals surface area contributed by atoms with Crippen molar-refractivity contribution in [2.45, 2.75) is 39.0 Å². The molecular weight excluding hydrogens is 184 g/mol. The van der Waals surface area contributed by atoms with E-state index in [1.54, 1.807) is 6.26 Å². The second-order valence-corrected chi connectivity index (χ2v) is 4.07. The van der Waals surface area contributed by atoms with E-state index in [0.29, 0.717) is 0 Å². The van der Waals surface area contributed by atoms with Crippen LogP contribution in [0.4, 0.5) is 0 Å². The van der Waals surface area contributed by atoms with Gasteiger partial charge in [-0.3, -0.25) is 0 Å². The number of furan rings is 1. The second kappa shape index (κ2) is 5.01. The fraction of sp³-hybridized carbons (Fsp3) is 0.429. The molecule has 0 atom stereocenters. The molecule has 80 valence electrons. The van der Waals surface area contributed by atoms with Crippen molar-refractivity contribution in [3.8, 4) is 0 Å². The van der Waals surface area contributed by atoms with E-state index in [1.807, 2.05) is 6.07 Å². The maximum atomic E-state index is 5.51. The Balaban J connectivity index is 2.04. The Morgan fingerprint density at radius 3 is 2.87 bits per heavy atom. The van der Waals surface area contributed by atoms with E-state index in [2.05, 4.69) is 25.1 Å². The lowest BCUT2D eigenvalue weighted by atomic mass is 10.0. The van der Waals surface area contributed by atoms with E-state index >= 15 is 0 Å². The number of unbranched alkanes of at least 4 members (excludes halogenated alkanes) is 3. The Morgan fingerprint density at radius 1 is 1.07 bits per heavy atom. The predicted molar refractivity (Wildman–Crippen MR) is 64.1 cm³/mol. The predicted octanol–water partition coefficient (Wildman–Crippen LogP) is 4.56. The molecule has 1 heterocycles. The molecule has 0 aliphatic heterocycles. The van der Waals surface area contributed by atoms with Crippen molar-refractivity contribution >= 4 is 11.0 Å². The molecule has 0 saturated carbocycles. The topological polar surface area (TPSA) is 13.1 Å². The Kier molecular flexibility index (Phi) is 3.44. The minimum atomic E-state index is 1.08. The molecule has 1 aromatic heterocycles. The van der Waals surface area contributed by atoms with Crippen LogP contribution >= 0.6 is 0 Å². The summed E-state index contributed by atoms with van der Waals surface area (Å²) in [5.41, 5.74) is 2.43. The van der Waals surface area contributed by atoms with Crippen molar-refractivity contribution in [1.29, 1.82) is 0 Å². The maximum Gasteiger partial charge on any atom is 0.137 e. The average molecular weight is 202 g/mol. The van der Waals surface area contributed by atoms with Crippen LogP contribution in [0.15, 0.2) is 34.9 Å². The Hall–Kier alpha value is -1.24. The molecule has 0 aliphatic rings. The SMILES string of the molecule is CCCCCCc1cccc2ccoc12. The minimum Gasteiger partial charge on any atom is -0.464 e. The highest BCUT2D eigenvalue weighted by atomic mass is 16.3. The fourth-order valence-corrected chi connectivity index (χ4v) is 1.99. The lowest BCUT2D eigenvalue weighted by Crippen LogP contribution is -1.86. The first kappa shape index (κ1) is 10.3. The summed E-state index contributed by atoms with van der Waals surface area (Å²) in [6, 6.07) is 8.43. The van der Waals surface area contributed by atoms with Gasteiger partial charge >= 0.3 is 0 Å². The molecule has 2 aromatic rings. The third kappa shape index (κ3) is 2.41. The third-order valence-electron chi connectivity index (χ3n) is 2.86. The van der Waals surface area contributed by atoms with Gasteiger partial charge < -0.3 is 4.42 Å². The lowest BCUT2D eigenvalue weighted by molar-refractivity contribution is 0.605. The van der Waals surface area contributed by atoms with Crippen molar-refractivity contribution in [3.63, 3.8) is 0 Å². The zero-order valence-electron chi connectivity index (χ0n) is 9.33. The molecule has 0 spiro atoms. The standard InChI is InChI=1S/C14H18O/c1-2-3-4-5-7-12-8-6-9-13-10-11-15-14(12)13/h6,8-11H,2-5,7H2,1H3. The quantitative estimate of drug-likeness (QED) is 0.648. The molecule has 1 aromatic carbocycles. The van der Waals surface area contributed by atoms with Crippen LogP contribution in [-0.4, -0.2) is 0 Å². The molecule has 0 radical (unpaired) electrons. The van der Waals surface area contributed by atoms with Crippen LogP contribution in [0.25, 0.3) is 11.0 Å². The van der Waals surface area contributed by atoms with E-state index in [-0.39, 0.29) is 0 Å². The zero-order valence-corrected chi connectivity index (χ0v) is 9.33. The number of fused-ring (bicyclic) bond motifs is 1. The largest absolute Gasteiger partial charge is 0.464 e.